The molecule has 0 saturated heterocycles. The van der Waals surface area contributed by atoms with E-state index in [1.807, 2.05) is 6.92 Å². The van der Waals surface area contributed by atoms with Crippen molar-refractivity contribution < 1.29 is 9.90 Å². The summed E-state index contributed by atoms with van der Waals surface area (Å²) in [7, 11) is 0. The summed E-state index contributed by atoms with van der Waals surface area (Å²) >= 11 is 1.76. The lowest BCUT2D eigenvalue weighted by Gasteiger charge is -2.17. The van der Waals surface area contributed by atoms with Gasteiger partial charge in [0.25, 0.3) is 0 Å². The van der Waals surface area contributed by atoms with Crippen molar-refractivity contribution >= 4 is 23.0 Å². The maximum atomic E-state index is 11.8. The number of carboxylic acids is 1. The Morgan fingerprint density at radius 2 is 1.76 bits per heavy atom. The molecule has 1 atom stereocenters. The molecule has 1 aliphatic heterocycles. The number of aromatic nitrogens is 3. The minimum Gasteiger partial charge on any atom is -0.481 e. The Labute approximate surface area is 204 Å². The van der Waals surface area contributed by atoms with E-state index >= 15 is 0 Å². The van der Waals surface area contributed by atoms with E-state index in [0.29, 0.717) is 11.7 Å². The fourth-order valence-corrected chi connectivity index (χ4v) is 6.66. The zero-order valence-electron chi connectivity index (χ0n) is 20.2. The number of nitrogens with zero attached hydrogens (tertiary/aromatic N) is 4. The average Bonchev–Trinajstić information content (AvgIpc) is 3.14. The number of hydrogen-bond donors (Lipinski definition) is 1. The van der Waals surface area contributed by atoms with Crippen LogP contribution in [0.25, 0.3) is 5.00 Å². The minimum atomic E-state index is -0.885. The number of aliphatic imine (C=N–C) groups is 1. The number of rotatable bonds is 5. The van der Waals surface area contributed by atoms with Gasteiger partial charge in [-0.15, -0.1) is 21.5 Å². The second-order valence-electron chi connectivity index (χ2n) is 9.78. The molecule has 7 heteroatoms. The second kappa shape index (κ2) is 9.45. The van der Waals surface area contributed by atoms with Crippen LogP contribution in [-0.4, -0.2) is 31.6 Å². The molecular formula is C27H32N4O2S. The summed E-state index contributed by atoms with van der Waals surface area (Å²) in [6.45, 7) is 6.23. The van der Waals surface area contributed by atoms with Crippen molar-refractivity contribution in [3.8, 4) is 5.00 Å². The fraction of sp³-hybridized carbons (Fsp3) is 0.481. The molecule has 1 fully saturated rings. The summed E-state index contributed by atoms with van der Waals surface area (Å²) in [5, 5.41) is 19.5. The second-order valence-corrected chi connectivity index (χ2v) is 11.0. The van der Waals surface area contributed by atoms with Gasteiger partial charge in [0.05, 0.1) is 12.1 Å². The highest BCUT2D eigenvalue weighted by molar-refractivity contribution is 7.15. The number of fused-ring (bicyclic) bond motifs is 3. The normalized spacial score (nSPS) is 18.6. The van der Waals surface area contributed by atoms with E-state index in [0.717, 1.165) is 34.1 Å². The van der Waals surface area contributed by atoms with Gasteiger partial charge in [0, 0.05) is 16.0 Å². The minimum absolute atomic E-state index is 0.112. The lowest BCUT2D eigenvalue weighted by Crippen LogP contribution is -2.12. The number of aryl methyl sites for hydroxylation is 3. The van der Waals surface area contributed by atoms with E-state index in [4.69, 9.17) is 4.99 Å². The van der Waals surface area contributed by atoms with Gasteiger partial charge < -0.3 is 5.11 Å². The molecule has 5 rings (SSSR count). The van der Waals surface area contributed by atoms with Gasteiger partial charge in [-0.25, -0.2) is 0 Å². The zero-order valence-corrected chi connectivity index (χ0v) is 21.0. The first-order valence-corrected chi connectivity index (χ1v) is 13.2. The standard InChI is InChI=1S/C27H32N4O2S/c1-16-10-12-20(13-11-16)25-24-21(14-19-8-6-4-5-7-9-19)17(2)34-27(24)31-18(3)29-30-26(31)22(28-25)15-23(32)33/h10-13,19,22H,4-9,14-15H2,1-3H3,(H,32,33)/t22-/m0/s1. The summed E-state index contributed by atoms with van der Waals surface area (Å²) in [5.41, 5.74) is 5.61. The molecule has 6 nitrogen and oxygen atoms in total. The molecule has 0 spiro atoms. The molecule has 0 bridgehead atoms. The molecule has 0 amide bonds. The van der Waals surface area contributed by atoms with Crippen LogP contribution in [0.2, 0.25) is 0 Å². The molecule has 0 unspecified atom stereocenters. The Morgan fingerprint density at radius 3 is 2.44 bits per heavy atom. The van der Waals surface area contributed by atoms with Crippen LogP contribution in [0.15, 0.2) is 29.3 Å². The predicted octanol–water partition coefficient (Wildman–Crippen LogP) is 6.13. The topological polar surface area (TPSA) is 80.4 Å². The van der Waals surface area contributed by atoms with Crippen molar-refractivity contribution in [2.45, 2.75) is 78.2 Å². The van der Waals surface area contributed by atoms with Crippen LogP contribution in [0.3, 0.4) is 0 Å². The van der Waals surface area contributed by atoms with Gasteiger partial charge in [0.1, 0.15) is 16.9 Å². The van der Waals surface area contributed by atoms with Gasteiger partial charge in [-0.2, -0.15) is 0 Å². The fourth-order valence-electron chi connectivity index (χ4n) is 5.42. The molecule has 178 valence electrons. The average molecular weight is 477 g/mol. The van der Waals surface area contributed by atoms with Gasteiger partial charge in [-0.05, 0) is 38.7 Å². The monoisotopic (exact) mass is 476 g/mol. The van der Waals surface area contributed by atoms with Gasteiger partial charge in [0.2, 0.25) is 0 Å². The lowest BCUT2D eigenvalue weighted by molar-refractivity contribution is -0.137. The Morgan fingerprint density at radius 1 is 1.06 bits per heavy atom. The third-order valence-electron chi connectivity index (χ3n) is 7.22. The Hall–Kier alpha value is -2.80. The number of thiophene rings is 1. The molecule has 3 heterocycles. The molecule has 2 aromatic heterocycles. The lowest BCUT2D eigenvalue weighted by atomic mass is 9.88. The Balaban J connectivity index is 1.72. The van der Waals surface area contributed by atoms with Crippen LogP contribution in [-0.2, 0) is 11.2 Å². The number of carboxylic acid groups (broad SMARTS) is 1. The molecule has 3 aromatic rings. The highest BCUT2D eigenvalue weighted by atomic mass is 32.1. The molecular weight excluding hydrogens is 444 g/mol. The van der Waals surface area contributed by atoms with E-state index in [9.17, 15) is 9.90 Å². The van der Waals surface area contributed by atoms with Gasteiger partial charge in [0.15, 0.2) is 5.82 Å². The summed E-state index contributed by atoms with van der Waals surface area (Å²) in [6, 6.07) is 7.84. The number of benzene rings is 1. The van der Waals surface area contributed by atoms with E-state index in [1.54, 1.807) is 11.3 Å². The van der Waals surface area contributed by atoms with Crippen molar-refractivity contribution in [1.29, 1.82) is 0 Å². The highest BCUT2D eigenvalue weighted by Gasteiger charge is 2.33. The highest BCUT2D eigenvalue weighted by Crippen LogP contribution is 2.41. The van der Waals surface area contributed by atoms with Crippen molar-refractivity contribution in [3.05, 3.63) is 63.0 Å². The Bertz CT molecular complexity index is 1230. The van der Waals surface area contributed by atoms with Crippen molar-refractivity contribution in [2.24, 2.45) is 10.9 Å². The smallest absolute Gasteiger partial charge is 0.306 e. The van der Waals surface area contributed by atoms with Crippen LogP contribution >= 0.6 is 11.3 Å². The summed E-state index contributed by atoms with van der Waals surface area (Å²) in [4.78, 5) is 18.2. The van der Waals surface area contributed by atoms with E-state index in [1.165, 1.54) is 54.5 Å². The predicted molar refractivity (Wildman–Crippen MR) is 135 cm³/mol. The third kappa shape index (κ3) is 4.33. The van der Waals surface area contributed by atoms with Crippen LogP contribution in [0.4, 0.5) is 0 Å². The van der Waals surface area contributed by atoms with Crippen LogP contribution in [0.1, 0.15) is 89.8 Å². The maximum Gasteiger partial charge on any atom is 0.306 e. The SMILES string of the molecule is Cc1ccc(C2=N[C@@H](CC(=O)O)c3nnc(C)n3-c3sc(C)c(CC4CCCCCC4)c32)cc1. The maximum absolute atomic E-state index is 11.8. The molecule has 2 aliphatic rings. The van der Waals surface area contributed by atoms with E-state index < -0.39 is 12.0 Å². The molecule has 1 saturated carbocycles. The number of hydrogen-bond acceptors (Lipinski definition) is 5. The summed E-state index contributed by atoms with van der Waals surface area (Å²) in [6.07, 6.45) is 8.79. The van der Waals surface area contributed by atoms with Crippen LogP contribution in [0, 0.1) is 26.7 Å². The quantitative estimate of drug-likeness (QED) is 0.449. The largest absolute Gasteiger partial charge is 0.481 e. The molecule has 1 aromatic carbocycles. The molecule has 1 aliphatic carbocycles. The molecule has 0 radical (unpaired) electrons. The zero-order chi connectivity index (χ0) is 23.8. The van der Waals surface area contributed by atoms with Crippen LogP contribution < -0.4 is 0 Å². The summed E-state index contributed by atoms with van der Waals surface area (Å²) < 4.78 is 2.06. The summed E-state index contributed by atoms with van der Waals surface area (Å²) in [5.74, 6) is 1.18. The van der Waals surface area contributed by atoms with Crippen molar-refractivity contribution in [1.82, 2.24) is 14.8 Å². The number of carbonyl (C=O) groups is 1. The molecule has 1 N–H and O–H groups in total. The number of aliphatic carboxylic acids is 1. The van der Waals surface area contributed by atoms with E-state index in [-0.39, 0.29) is 6.42 Å². The van der Waals surface area contributed by atoms with Gasteiger partial charge in [-0.1, -0.05) is 68.4 Å². The van der Waals surface area contributed by atoms with Gasteiger partial charge >= 0.3 is 5.97 Å². The first kappa shape index (κ1) is 23.0. The van der Waals surface area contributed by atoms with Crippen molar-refractivity contribution in [2.75, 3.05) is 0 Å². The van der Waals surface area contributed by atoms with E-state index in [2.05, 4.69) is 52.9 Å². The first-order valence-electron chi connectivity index (χ1n) is 12.3. The van der Waals surface area contributed by atoms with Crippen molar-refractivity contribution in [3.63, 3.8) is 0 Å². The Kier molecular flexibility index (Phi) is 6.38. The van der Waals surface area contributed by atoms with Crippen LogP contribution in [0.5, 0.6) is 0 Å². The van der Waals surface area contributed by atoms with Gasteiger partial charge in [-0.3, -0.25) is 14.4 Å². The third-order valence-corrected chi connectivity index (χ3v) is 8.36. The first-order chi connectivity index (χ1) is 16.4. The molecule has 34 heavy (non-hydrogen) atoms.